The molecule has 0 saturated heterocycles. The number of fused-ring (bicyclic) bond motifs is 1. The van der Waals surface area contributed by atoms with Crippen LogP contribution in [0.5, 0.6) is 0 Å². The number of nitrogens with zero attached hydrogens (tertiary/aromatic N) is 4. The molecule has 21 heavy (non-hydrogen) atoms. The minimum atomic E-state index is -0.528. The van der Waals surface area contributed by atoms with Gasteiger partial charge < -0.3 is 4.74 Å². The van der Waals surface area contributed by atoms with Crippen LogP contribution in [0.15, 0.2) is 36.4 Å². The van der Waals surface area contributed by atoms with Crippen molar-refractivity contribution in [1.82, 2.24) is 19.7 Å². The fourth-order valence-electron chi connectivity index (χ4n) is 2.08. The van der Waals surface area contributed by atoms with Crippen LogP contribution in [-0.4, -0.2) is 32.3 Å². The average Bonchev–Trinajstić information content (AvgIpc) is 2.89. The Labute approximate surface area is 121 Å². The molecule has 0 amide bonds. The molecule has 106 valence electrons. The van der Waals surface area contributed by atoms with Crippen LogP contribution in [0.2, 0.25) is 0 Å². The maximum absolute atomic E-state index is 11.7. The number of aromatic nitrogens is 4. The number of benzene rings is 1. The molecule has 0 atom stereocenters. The predicted octanol–water partition coefficient (Wildman–Crippen LogP) is 2.21. The molecule has 2 heterocycles. The van der Waals surface area contributed by atoms with Crippen molar-refractivity contribution < 1.29 is 9.53 Å². The molecule has 3 rings (SSSR count). The maximum atomic E-state index is 11.7. The standard InChI is InChI=1S/C15H14N4O2/c1-3-21-15(20)13-17-14(19(2)18-13)12-9-8-10-6-4-5-7-11(10)16-12/h4-9H,3H2,1-2H3. The van der Waals surface area contributed by atoms with Crippen molar-refractivity contribution in [2.75, 3.05) is 6.61 Å². The Morgan fingerprint density at radius 3 is 2.81 bits per heavy atom. The summed E-state index contributed by atoms with van der Waals surface area (Å²) >= 11 is 0. The molecule has 0 radical (unpaired) electrons. The second kappa shape index (κ2) is 5.32. The Hall–Kier alpha value is -2.76. The van der Waals surface area contributed by atoms with Crippen LogP contribution < -0.4 is 0 Å². The smallest absolute Gasteiger partial charge is 0.378 e. The highest BCUT2D eigenvalue weighted by molar-refractivity contribution is 5.86. The monoisotopic (exact) mass is 282 g/mol. The van der Waals surface area contributed by atoms with E-state index in [0.717, 1.165) is 10.9 Å². The van der Waals surface area contributed by atoms with Crippen molar-refractivity contribution in [2.24, 2.45) is 7.05 Å². The van der Waals surface area contributed by atoms with E-state index in [9.17, 15) is 4.79 Å². The molecule has 0 unspecified atom stereocenters. The minimum Gasteiger partial charge on any atom is -0.460 e. The van der Waals surface area contributed by atoms with Gasteiger partial charge in [-0.05, 0) is 19.1 Å². The van der Waals surface area contributed by atoms with Gasteiger partial charge in [-0.1, -0.05) is 24.3 Å². The van der Waals surface area contributed by atoms with Gasteiger partial charge in [0.1, 0.15) is 5.69 Å². The van der Waals surface area contributed by atoms with E-state index in [1.54, 1.807) is 14.0 Å². The Balaban J connectivity index is 2.04. The van der Waals surface area contributed by atoms with Crippen LogP contribution in [0.25, 0.3) is 22.4 Å². The number of ether oxygens (including phenoxy) is 1. The summed E-state index contributed by atoms with van der Waals surface area (Å²) in [5, 5.41) is 5.13. The fourth-order valence-corrected chi connectivity index (χ4v) is 2.08. The topological polar surface area (TPSA) is 69.9 Å². The van der Waals surface area contributed by atoms with Crippen molar-refractivity contribution in [2.45, 2.75) is 6.92 Å². The molecule has 0 aliphatic carbocycles. The highest BCUT2D eigenvalue weighted by Crippen LogP contribution is 2.19. The van der Waals surface area contributed by atoms with Gasteiger partial charge in [-0.15, -0.1) is 5.10 Å². The van der Waals surface area contributed by atoms with Crippen LogP contribution in [0.4, 0.5) is 0 Å². The number of hydrogen-bond donors (Lipinski definition) is 0. The van der Waals surface area contributed by atoms with E-state index in [-0.39, 0.29) is 5.82 Å². The fraction of sp³-hybridized carbons (Fsp3) is 0.200. The molecule has 0 bridgehead atoms. The maximum Gasteiger partial charge on any atom is 0.378 e. The predicted molar refractivity (Wildman–Crippen MR) is 77.7 cm³/mol. The van der Waals surface area contributed by atoms with Gasteiger partial charge >= 0.3 is 5.97 Å². The summed E-state index contributed by atoms with van der Waals surface area (Å²) < 4.78 is 6.44. The highest BCUT2D eigenvalue weighted by Gasteiger charge is 2.17. The van der Waals surface area contributed by atoms with Gasteiger partial charge in [-0.2, -0.15) is 4.98 Å². The molecule has 1 aromatic carbocycles. The van der Waals surface area contributed by atoms with Gasteiger partial charge in [-0.25, -0.2) is 14.5 Å². The summed E-state index contributed by atoms with van der Waals surface area (Å²) in [7, 11) is 1.72. The first-order valence-corrected chi connectivity index (χ1v) is 6.63. The van der Waals surface area contributed by atoms with Crippen molar-refractivity contribution in [3.63, 3.8) is 0 Å². The number of carbonyl (C=O) groups is 1. The van der Waals surface area contributed by atoms with E-state index in [1.807, 2.05) is 36.4 Å². The van der Waals surface area contributed by atoms with Gasteiger partial charge in [0, 0.05) is 12.4 Å². The molecule has 6 nitrogen and oxygen atoms in total. The molecule has 3 aromatic rings. The second-order valence-electron chi connectivity index (χ2n) is 4.49. The van der Waals surface area contributed by atoms with Gasteiger partial charge in [0.15, 0.2) is 5.82 Å². The lowest BCUT2D eigenvalue weighted by molar-refractivity contribution is 0.0512. The molecule has 0 spiro atoms. The van der Waals surface area contributed by atoms with Gasteiger partial charge in [0.2, 0.25) is 0 Å². The van der Waals surface area contributed by atoms with E-state index in [2.05, 4.69) is 15.1 Å². The van der Waals surface area contributed by atoms with Gasteiger partial charge in [0.05, 0.1) is 12.1 Å². The van der Waals surface area contributed by atoms with Crippen molar-refractivity contribution in [1.29, 1.82) is 0 Å². The van der Waals surface area contributed by atoms with Gasteiger partial charge in [0.25, 0.3) is 5.82 Å². The molecular formula is C15H14N4O2. The molecule has 0 saturated carbocycles. The third-order valence-electron chi connectivity index (χ3n) is 3.05. The van der Waals surface area contributed by atoms with E-state index in [0.29, 0.717) is 18.1 Å². The van der Waals surface area contributed by atoms with Crippen LogP contribution in [0.1, 0.15) is 17.5 Å². The van der Waals surface area contributed by atoms with E-state index in [1.165, 1.54) is 4.68 Å². The van der Waals surface area contributed by atoms with Crippen LogP contribution >= 0.6 is 0 Å². The van der Waals surface area contributed by atoms with E-state index in [4.69, 9.17) is 4.74 Å². The summed E-state index contributed by atoms with van der Waals surface area (Å²) in [6.07, 6.45) is 0. The third-order valence-corrected chi connectivity index (χ3v) is 3.05. The number of hydrogen-bond acceptors (Lipinski definition) is 5. The zero-order valence-electron chi connectivity index (χ0n) is 11.8. The number of aryl methyl sites for hydroxylation is 1. The summed E-state index contributed by atoms with van der Waals surface area (Å²) in [6.45, 7) is 2.04. The first kappa shape index (κ1) is 13.2. The van der Waals surface area contributed by atoms with Crippen molar-refractivity contribution in [3.8, 4) is 11.5 Å². The Bertz CT molecular complexity index is 810. The highest BCUT2D eigenvalue weighted by atomic mass is 16.5. The van der Waals surface area contributed by atoms with Crippen molar-refractivity contribution in [3.05, 3.63) is 42.2 Å². The minimum absolute atomic E-state index is 0.0457. The van der Waals surface area contributed by atoms with E-state index >= 15 is 0 Å². The summed E-state index contributed by atoms with van der Waals surface area (Å²) in [5.41, 5.74) is 1.54. The number of carbonyl (C=O) groups excluding carboxylic acids is 1. The molecule has 0 fully saturated rings. The average molecular weight is 282 g/mol. The molecule has 0 aliphatic heterocycles. The summed E-state index contributed by atoms with van der Waals surface area (Å²) in [4.78, 5) is 20.4. The quantitative estimate of drug-likeness (QED) is 0.689. The SMILES string of the molecule is CCOC(=O)c1nc(-c2ccc3ccccc3n2)n(C)n1. The normalized spacial score (nSPS) is 10.8. The second-order valence-corrected chi connectivity index (χ2v) is 4.49. The van der Waals surface area contributed by atoms with Crippen molar-refractivity contribution >= 4 is 16.9 Å². The Morgan fingerprint density at radius 2 is 2.00 bits per heavy atom. The first-order chi connectivity index (χ1) is 10.2. The molecule has 2 aromatic heterocycles. The first-order valence-electron chi connectivity index (χ1n) is 6.63. The Kier molecular flexibility index (Phi) is 3.35. The molecule has 0 aliphatic rings. The van der Waals surface area contributed by atoms with E-state index < -0.39 is 5.97 Å². The zero-order valence-corrected chi connectivity index (χ0v) is 11.8. The number of esters is 1. The Morgan fingerprint density at radius 1 is 1.19 bits per heavy atom. The summed E-state index contributed by atoms with van der Waals surface area (Å²) in [5.74, 6) is 0.0493. The lowest BCUT2D eigenvalue weighted by Crippen LogP contribution is -2.07. The lowest BCUT2D eigenvalue weighted by atomic mass is 10.2. The largest absolute Gasteiger partial charge is 0.460 e. The molecule has 0 N–H and O–H groups in total. The van der Waals surface area contributed by atoms with Crippen LogP contribution in [-0.2, 0) is 11.8 Å². The summed E-state index contributed by atoms with van der Waals surface area (Å²) in [6, 6.07) is 11.6. The van der Waals surface area contributed by atoms with Crippen LogP contribution in [0, 0.1) is 0 Å². The number of para-hydroxylation sites is 1. The van der Waals surface area contributed by atoms with Crippen LogP contribution in [0.3, 0.4) is 0 Å². The number of pyridine rings is 1. The molecule has 6 heteroatoms. The zero-order chi connectivity index (χ0) is 14.8. The van der Waals surface area contributed by atoms with Gasteiger partial charge in [-0.3, -0.25) is 0 Å². The molecular weight excluding hydrogens is 268 g/mol. The lowest BCUT2D eigenvalue weighted by Gasteiger charge is -2.01. The number of rotatable bonds is 3. The third kappa shape index (κ3) is 2.47.